The Bertz CT molecular complexity index is 1720. The first-order valence-electron chi connectivity index (χ1n) is 13.0. The van der Waals surface area contributed by atoms with Gasteiger partial charge in [0.05, 0.1) is 41.4 Å². The average Bonchev–Trinajstić information content (AvgIpc) is 3.59. The van der Waals surface area contributed by atoms with Crippen LogP contribution in [0.15, 0.2) is 39.7 Å². The number of dihydropyridines is 1. The zero-order valence-corrected chi connectivity index (χ0v) is 23.2. The topological polar surface area (TPSA) is 131 Å². The van der Waals surface area contributed by atoms with Crippen LogP contribution in [-0.4, -0.2) is 69.2 Å². The summed E-state index contributed by atoms with van der Waals surface area (Å²) in [4.78, 5) is 45.1. The number of fused-ring (bicyclic) bond motifs is 2. The molecule has 11 nitrogen and oxygen atoms in total. The summed E-state index contributed by atoms with van der Waals surface area (Å²) in [7, 11) is 0. The van der Waals surface area contributed by atoms with E-state index >= 15 is 4.39 Å². The molecular formula is C27H25Cl2FN6O5. The van der Waals surface area contributed by atoms with Gasteiger partial charge in [-0.1, -0.05) is 23.2 Å². The quantitative estimate of drug-likeness (QED) is 0.367. The molecule has 1 fully saturated rings. The fourth-order valence-corrected chi connectivity index (χ4v) is 5.74. The van der Waals surface area contributed by atoms with E-state index in [0.29, 0.717) is 68.7 Å². The van der Waals surface area contributed by atoms with Crippen LogP contribution < -0.4 is 16.2 Å². The lowest BCUT2D eigenvalue weighted by Gasteiger charge is -2.33. The number of phenolic OH excluding ortho intramolecular Hbond substituents is 1. The summed E-state index contributed by atoms with van der Waals surface area (Å²) in [6.07, 6.45) is 4.84. The maximum atomic E-state index is 15.3. The second-order valence-corrected chi connectivity index (χ2v) is 10.7. The Morgan fingerprint density at radius 2 is 2.02 bits per heavy atom. The molecule has 3 N–H and O–H groups in total. The maximum absolute atomic E-state index is 15.3. The Kier molecular flexibility index (Phi) is 7.22. The van der Waals surface area contributed by atoms with Gasteiger partial charge < -0.3 is 29.9 Å². The Morgan fingerprint density at radius 3 is 2.78 bits per heavy atom. The number of nitrogens with one attached hydrogen (secondary N) is 2. The van der Waals surface area contributed by atoms with Crippen LogP contribution in [0.25, 0.3) is 22.2 Å². The first-order valence-corrected chi connectivity index (χ1v) is 13.8. The van der Waals surface area contributed by atoms with Crippen molar-refractivity contribution in [3.05, 3.63) is 67.5 Å². The van der Waals surface area contributed by atoms with Gasteiger partial charge >= 0.3 is 0 Å². The van der Waals surface area contributed by atoms with Crippen molar-refractivity contribution in [3.8, 4) is 16.9 Å². The van der Waals surface area contributed by atoms with Gasteiger partial charge in [-0.3, -0.25) is 19.0 Å². The second-order valence-electron chi connectivity index (χ2n) is 9.91. The van der Waals surface area contributed by atoms with Crippen LogP contribution >= 0.6 is 23.2 Å². The third-order valence-electron chi connectivity index (χ3n) is 7.40. The fraction of sp³-hybridized carbons (Fsp3) is 0.333. The molecule has 6 rings (SSSR count). The minimum Gasteiger partial charge on any atom is -0.506 e. The van der Waals surface area contributed by atoms with Gasteiger partial charge in [-0.25, -0.2) is 9.37 Å². The summed E-state index contributed by atoms with van der Waals surface area (Å²) in [6, 6.07) is 1.12. The highest BCUT2D eigenvalue weighted by molar-refractivity contribution is 6.33. The average molecular weight is 603 g/mol. The van der Waals surface area contributed by atoms with Crippen molar-refractivity contribution >= 4 is 46.4 Å². The van der Waals surface area contributed by atoms with Crippen molar-refractivity contribution < 1.29 is 23.8 Å². The summed E-state index contributed by atoms with van der Waals surface area (Å²) < 4.78 is 23.7. The molecule has 214 valence electrons. The number of morpholine rings is 1. The number of carbonyl (C=O) groups is 2. The molecule has 3 aliphatic heterocycles. The van der Waals surface area contributed by atoms with Gasteiger partial charge in [-0.2, -0.15) is 0 Å². The number of aromatic nitrogens is 3. The number of hydrogen-bond acceptors (Lipinski definition) is 8. The highest BCUT2D eigenvalue weighted by atomic mass is 35.5. The Balaban J connectivity index is 1.39. The van der Waals surface area contributed by atoms with E-state index in [1.54, 1.807) is 6.08 Å². The van der Waals surface area contributed by atoms with Gasteiger partial charge in [0.15, 0.2) is 12.1 Å². The normalized spacial score (nSPS) is 17.0. The van der Waals surface area contributed by atoms with Crippen molar-refractivity contribution in [1.29, 1.82) is 0 Å². The monoisotopic (exact) mass is 602 g/mol. The SMILES string of the molecule is O=Cc1cc(-c2cn(CC(=O)NC3=C(Cl)CNC(N4CCOCC4)=C3)c3nc4n(c(=O)c23)CCC4)c(F)c(Cl)c1O. The van der Waals surface area contributed by atoms with E-state index in [1.807, 2.05) is 0 Å². The Labute approximate surface area is 242 Å². The molecule has 0 bridgehead atoms. The van der Waals surface area contributed by atoms with E-state index in [0.717, 1.165) is 18.3 Å². The molecule has 0 unspecified atom stereocenters. The molecule has 2 aromatic heterocycles. The maximum Gasteiger partial charge on any atom is 0.263 e. The van der Waals surface area contributed by atoms with Crippen LogP contribution in [-0.2, 0) is 29.0 Å². The van der Waals surface area contributed by atoms with Gasteiger partial charge in [-0.05, 0) is 12.5 Å². The molecule has 0 radical (unpaired) electrons. The molecule has 3 aromatic rings. The molecule has 41 heavy (non-hydrogen) atoms. The predicted molar refractivity (Wildman–Crippen MR) is 149 cm³/mol. The summed E-state index contributed by atoms with van der Waals surface area (Å²) in [5, 5.41) is 16.0. The first kappa shape index (κ1) is 27.3. The molecule has 0 atom stereocenters. The van der Waals surface area contributed by atoms with Gasteiger partial charge in [0.25, 0.3) is 5.56 Å². The number of aldehydes is 1. The third kappa shape index (κ3) is 4.85. The van der Waals surface area contributed by atoms with Crippen LogP contribution in [0.2, 0.25) is 5.02 Å². The van der Waals surface area contributed by atoms with Crippen molar-refractivity contribution in [3.63, 3.8) is 0 Å². The molecule has 0 saturated carbocycles. The van der Waals surface area contributed by atoms with E-state index in [2.05, 4.69) is 20.5 Å². The van der Waals surface area contributed by atoms with E-state index in [-0.39, 0.29) is 34.3 Å². The van der Waals surface area contributed by atoms with Crippen LogP contribution in [0.3, 0.4) is 0 Å². The van der Waals surface area contributed by atoms with Crippen LogP contribution in [0.4, 0.5) is 4.39 Å². The third-order valence-corrected chi connectivity index (χ3v) is 8.09. The lowest BCUT2D eigenvalue weighted by Crippen LogP contribution is -2.42. The minimum absolute atomic E-state index is 0.0783. The van der Waals surface area contributed by atoms with Gasteiger partial charge in [-0.15, -0.1) is 0 Å². The number of carbonyl (C=O) groups excluding carboxylic acids is 2. The molecule has 3 aliphatic rings. The summed E-state index contributed by atoms with van der Waals surface area (Å²) in [5.41, 5.74) is -0.0685. The number of aromatic hydroxyl groups is 1. The van der Waals surface area contributed by atoms with Crippen molar-refractivity contribution in [2.24, 2.45) is 0 Å². The lowest BCUT2D eigenvalue weighted by atomic mass is 10.0. The van der Waals surface area contributed by atoms with Gasteiger partial charge in [0, 0.05) is 49.5 Å². The van der Waals surface area contributed by atoms with Crippen molar-refractivity contribution in [2.75, 3.05) is 32.8 Å². The summed E-state index contributed by atoms with van der Waals surface area (Å²) in [5.74, 6) is -0.762. The minimum atomic E-state index is -1.00. The zero-order chi connectivity index (χ0) is 28.8. The number of allylic oxidation sites excluding steroid dienone is 1. The number of amides is 1. The Hall–Kier alpha value is -3.87. The molecule has 1 aromatic carbocycles. The molecule has 0 spiro atoms. The van der Waals surface area contributed by atoms with E-state index in [9.17, 15) is 19.5 Å². The van der Waals surface area contributed by atoms with E-state index in [4.69, 9.17) is 27.9 Å². The van der Waals surface area contributed by atoms with Crippen molar-refractivity contribution in [1.82, 2.24) is 29.7 Å². The number of rotatable bonds is 6. The molecule has 1 saturated heterocycles. The smallest absolute Gasteiger partial charge is 0.263 e. The molecular weight excluding hydrogens is 578 g/mol. The predicted octanol–water partition coefficient (Wildman–Crippen LogP) is 2.47. The number of aryl methyl sites for hydroxylation is 1. The number of nitrogens with zero attached hydrogens (tertiary/aromatic N) is 4. The highest BCUT2D eigenvalue weighted by Crippen LogP contribution is 2.39. The van der Waals surface area contributed by atoms with Gasteiger partial charge in [0.1, 0.15) is 34.6 Å². The Morgan fingerprint density at radius 1 is 1.24 bits per heavy atom. The summed E-state index contributed by atoms with van der Waals surface area (Å²) in [6.45, 7) is 3.12. The number of hydrogen-bond donors (Lipinski definition) is 3. The highest BCUT2D eigenvalue weighted by Gasteiger charge is 2.27. The van der Waals surface area contributed by atoms with E-state index < -0.39 is 28.1 Å². The zero-order valence-electron chi connectivity index (χ0n) is 21.7. The molecule has 14 heteroatoms. The summed E-state index contributed by atoms with van der Waals surface area (Å²) >= 11 is 12.4. The molecule has 5 heterocycles. The second kappa shape index (κ2) is 10.8. The largest absolute Gasteiger partial charge is 0.506 e. The van der Waals surface area contributed by atoms with Crippen LogP contribution in [0.5, 0.6) is 5.75 Å². The number of ether oxygens (including phenoxy) is 1. The lowest BCUT2D eigenvalue weighted by molar-refractivity contribution is -0.120. The number of halogens is 3. The van der Waals surface area contributed by atoms with Gasteiger partial charge in [0.2, 0.25) is 5.91 Å². The molecule has 0 aliphatic carbocycles. The number of benzene rings is 1. The fourth-order valence-electron chi connectivity index (χ4n) is 5.36. The number of phenols is 1. The standard InChI is InChI=1S/C27H25Cl2FN6O5/c28-17-10-31-20(34-4-6-41-7-5-34)9-18(17)32-21(38)12-35-11-16(15-8-14(13-37)25(39)23(29)24(15)30)22-26(35)33-19-2-1-3-36(19)27(22)40/h8-9,11,13,31,39H,1-7,10,12H2,(H,32,38). The van der Waals surface area contributed by atoms with Crippen LogP contribution in [0, 0.1) is 5.82 Å². The van der Waals surface area contributed by atoms with Crippen molar-refractivity contribution in [2.45, 2.75) is 25.9 Å². The molecule has 1 amide bonds. The van der Waals surface area contributed by atoms with Crippen LogP contribution in [0.1, 0.15) is 22.6 Å². The van der Waals surface area contributed by atoms with E-state index in [1.165, 1.54) is 15.3 Å². The first-order chi connectivity index (χ1) is 19.8.